The van der Waals surface area contributed by atoms with Crippen molar-refractivity contribution in [3.63, 3.8) is 0 Å². The number of nitrogens with zero attached hydrogens (tertiary/aromatic N) is 2. The van der Waals surface area contributed by atoms with Gasteiger partial charge in [-0.1, -0.05) is 18.2 Å². The van der Waals surface area contributed by atoms with Gasteiger partial charge in [0.2, 0.25) is 5.95 Å². The Hall–Kier alpha value is -2.85. The van der Waals surface area contributed by atoms with E-state index in [0.29, 0.717) is 17.4 Å². The standard InChI is InChI=1S/C22H24N3O3P/c1-13-9-19(27-2)20(28-3)12-17(13)23-22-24-21(26)11-15-7-8-18(25(15)22)14-5-4-6-16(29)10-14/h4-6,9-12,18H,7-8,29H2,1-3H3,(H,23,24,26). The molecule has 1 aliphatic heterocycles. The maximum atomic E-state index is 12.2. The van der Waals surface area contributed by atoms with E-state index in [9.17, 15) is 4.79 Å². The molecule has 150 valence electrons. The van der Waals surface area contributed by atoms with E-state index in [2.05, 4.69) is 48.4 Å². The van der Waals surface area contributed by atoms with Crippen molar-refractivity contribution >= 4 is 26.2 Å². The lowest BCUT2D eigenvalue weighted by Crippen LogP contribution is -2.19. The van der Waals surface area contributed by atoms with Crippen LogP contribution in [0.4, 0.5) is 11.6 Å². The highest BCUT2D eigenvalue weighted by atomic mass is 31.0. The Morgan fingerprint density at radius 3 is 2.62 bits per heavy atom. The maximum Gasteiger partial charge on any atom is 0.274 e. The number of methoxy groups -OCH3 is 2. The Morgan fingerprint density at radius 1 is 1.14 bits per heavy atom. The molecule has 0 amide bonds. The van der Waals surface area contributed by atoms with Gasteiger partial charge in [-0.05, 0) is 48.3 Å². The summed E-state index contributed by atoms with van der Waals surface area (Å²) in [6.45, 7) is 1.98. The molecule has 0 spiro atoms. The van der Waals surface area contributed by atoms with Crippen LogP contribution in [0.1, 0.15) is 29.3 Å². The number of anilines is 2. The highest BCUT2D eigenvalue weighted by molar-refractivity contribution is 7.27. The zero-order valence-electron chi connectivity index (χ0n) is 16.7. The fourth-order valence-electron chi connectivity index (χ4n) is 3.90. The summed E-state index contributed by atoms with van der Waals surface area (Å²) in [7, 11) is 5.96. The number of ether oxygens (including phenoxy) is 2. The summed E-state index contributed by atoms with van der Waals surface area (Å²) in [5, 5.41) is 4.50. The largest absolute Gasteiger partial charge is 0.493 e. The van der Waals surface area contributed by atoms with E-state index < -0.39 is 0 Å². The van der Waals surface area contributed by atoms with E-state index in [1.54, 1.807) is 20.3 Å². The maximum absolute atomic E-state index is 12.2. The number of aryl methyl sites for hydroxylation is 2. The summed E-state index contributed by atoms with van der Waals surface area (Å²) in [5.74, 6) is 1.82. The van der Waals surface area contributed by atoms with Crippen LogP contribution < -0.4 is 25.7 Å². The first-order valence-corrected chi connectivity index (χ1v) is 10.1. The third kappa shape index (κ3) is 3.73. The SMILES string of the molecule is COc1cc(C)c(Nc2nc(=O)cc3n2C(c2cccc(P)c2)CC3)cc1OC. The lowest BCUT2D eigenvalue weighted by Gasteiger charge is -2.21. The molecule has 6 nitrogen and oxygen atoms in total. The molecule has 0 saturated carbocycles. The molecule has 1 N–H and O–H groups in total. The summed E-state index contributed by atoms with van der Waals surface area (Å²) < 4.78 is 12.9. The number of hydrogen-bond acceptors (Lipinski definition) is 5. The van der Waals surface area contributed by atoms with E-state index in [4.69, 9.17) is 9.47 Å². The van der Waals surface area contributed by atoms with Gasteiger partial charge in [0, 0.05) is 23.5 Å². The van der Waals surface area contributed by atoms with E-state index in [-0.39, 0.29) is 11.6 Å². The summed E-state index contributed by atoms with van der Waals surface area (Å²) in [5.41, 5.74) is 3.74. The van der Waals surface area contributed by atoms with Crippen LogP contribution in [0.15, 0.2) is 47.3 Å². The zero-order valence-corrected chi connectivity index (χ0v) is 17.9. The smallest absolute Gasteiger partial charge is 0.274 e. The van der Waals surface area contributed by atoms with Crippen LogP contribution in [0.25, 0.3) is 0 Å². The first-order valence-electron chi connectivity index (χ1n) is 9.47. The van der Waals surface area contributed by atoms with Crippen LogP contribution in [0.2, 0.25) is 0 Å². The summed E-state index contributed by atoms with van der Waals surface area (Å²) >= 11 is 0. The van der Waals surface area contributed by atoms with Crippen LogP contribution in [0.3, 0.4) is 0 Å². The minimum absolute atomic E-state index is 0.126. The van der Waals surface area contributed by atoms with Gasteiger partial charge in [0.05, 0.1) is 20.3 Å². The van der Waals surface area contributed by atoms with Gasteiger partial charge in [0.1, 0.15) is 0 Å². The van der Waals surface area contributed by atoms with Crippen LogP contribution in [-0.4, -0.2) is 23.8 Å². The van der Waals surface area contributed by atoms with Gasteiger partial charge in [-0.3, -0.25) is 4.79 Å². The molecule has 1 aromatic heterocycles. The predicted molar refractivity (Wildman–Crippen MR) is 118 cm³/mol. The van der Waals surface area contributed by atoms with Gasteiger partial charge in [-0.25, -0.2) is 0 Å². The first kappa shape index (κ1) is 19.5. The van der Waals surface area contributed by atoms with Gasteiger partial charge < -0.3 is 19.4 Å². The van der Waals surface area contributed by atoms with Crippen LogP contribution in [0.5, 0.6) is 11.5 Å². The van der Waals surface area contributed by atoms with E-state index >= 15 is 0 Å². The molecule has 2 unspecified atom stereocenters. The van der Waals surface area contributed by atoms with Crippen molar-refractivity contribution in [3.8, 4) is 11.5 Å². The molecule has 3 aromatic rings. The highest BCUT2D eigenvalue weighted by Gasteiger charge is 2.27. The monoisotopic (exact) mass is 409 g/mol. The highest BCUT2D eigenvalue weighted by Crippen LogP contribution is 2.37. The first-order chi connectivity index (χ1) is 14.0. The van der Waals surface area contributed by atoms with Crippen molar-refractivity contribution in [1.82, 2.24) is 9.55 Å². The second kappa shape index (κ2) is 7.88. The molecular formula is C22H24N3O3P. The second-order valence-corrected chi connectivity index (χ2v) is 7.82. The summed E-state index contributed by atoms with van der Waals surface area (Å²) in [6, 6.07) is 13.9. The second-order valence-electron chi connectivity index (χ2n) is 7.15. The van der Waals surface area contributed by atoms with E-state index in [0.717, 1.165) is 35.1 Å². The molecule has 0 aliphatic carbocycles. The average molecular weight is 409 g/mol. The number of rotatable bonds is 5. The molecule has 2 aromatic carbocycles. The van der Waals surface area contributed by atoms with Gasteiger partial charge in [-0.2, -0.15) is 4.98 Å². The van der Waals surface area contributed by atoms with Gasteiger partial charge in [-0.15, -0.1) is 9.24 Å². The average Bonchev–Trinajstić information content (AvgIpc) is 3.13. The van der Waals surface area contributed by atoms with E-state index in [1.165, 1.54) is 5.56 Å². The van der Waals surface area contributed by atoms with Gasteiger partial charge in [0.25, 0.3) is 5.56 Å². The lowest BCUT2D eigenvalue weighted by atomic mass is 10.0. The quantitative estimate of drug-likeness (QED) is 0.655. The Labute approximate surface area is 172 Å². The van der Waals surface area contributed by atoms with Crippen molar-refractivity contribution in [3.05, 3.63) is 69.6 Å². The van der Waals surface area contributed by atoms with Crippen molar-refractivity contribution < 1.29 is 9.47 Å². The molecule has 2 heterocycles. The number of fused-ring (bicyclic) bond motifs is 1. The molecule has 0 radical (unpaired) electrons. The summed E-state index contributed by atoms with van der Waals surface area (Å²) in [4.78, 5) is 16.5. The third-order valence-electron chi connectivity index (χ3n) is 5.30. The minimum atomic E-state index is -0.239. The van der Waals surface area contributed by atoms with Gasteiger partial charge in [0.15, 0.2) is 11.5 Å². The number of benzene rings is 2. The molecule has 0 bridgehead atoms. The summed E-state index contributed by atoms with van der Waals surface area (Å²) in [6.07, 6.45) is 1.77. The Bertz CT molecular complexity index is 1130. The van der Waals surface area contributed by atoms with Gasteiger partial charge >= 0.3 is 0 Å². The number of nitrogens with one attached hydrogen (secondary N) is 1. The molecule has 0 saturated heterocycles. The topological polar surface area (TPSA) is 65.4 Å². The van der Waals surface area contributed by atoms with Crippen LogP contribution in [-0.2, 0) is 6.42 Å². The Morgan fingerprint density at radius 2 is 1.90 bits per heavy atom. The minimum Gasteiger partial charge on any atom is -0.493 e. The fraction of sp³-hybridized carbons (Fsp3) is 0.273. The number of hydrogen-bond donors (Lipinski definition) is 1. The van der Waals surface area contributed by atoms with Crippen LogP contribution >= 0.6 is 9.24 Å². The van der Waals surface area contributed by atoms with Crippen LogP contribution in [0, 0.1) is 6.92 Å². The molecule has 0 fully saturated rings. The fourth-order valence-corrected chi connectivity index (χ4v) is 4.20. The van der Waals surface area contributed by atoms with E-state index in [1.807, 2.05) is 19.1 Å². The number of aromatic nitrogens is 2. The molecule has 29 heavy (non-hydrogen) atoms. The molecule has 2 atom stereocenters. The molecule has 4 rings (SSSR count). The van der Waals surface area contributed by atoms with Crippen molar-refractivity contribution in [2.24, 2.45) is 0 Å². The van der Waals surface area contributed by atoms with Crippen molar-refractivity contribution in [1.29, 1.82) is 0 Å². The van der Waals surface area contributed by atoms with Crippen molar-refractivity contribution in [2.75, 3.05) is 19.5 Å². The molecule has 1 aliphatic rings. The Kier molecular flexibility index (Phi) is 5.29. The predicted octanol–water partition coefficient (Wildman–Crippen LogP) is 3.35. The molecule has 7 heteroatoms. The lowest BCUT2D eigenvalue weighted by molar-refractivity contribution is 0.355. The zero-order chi connectivity index (χ0) is 20.5. The normalized spacial score (nSPS) is 15.1. The Balaban J connectivity index is 1.80. The van der Waals surface area contributed by atoms with Crippen molar-refractivity contribution in [2.45, 2.75) is 25.8 Å². The third-order valence-corrected chi connectivity index (χ3v) is 5.66. The molecular weight excluding hydrogens is 385 g/mol.